The molecule has 1 aliphatic rings. The van der Waals surface area contributed by atoms with E-state index in [2.05, 4.69) is 26.8 Å². The van der Waals surface area contributed by atoms with Gasteiger partial charge in [-0.2, -0.15) is 0 Å². The lowest BCUT2D eigenvalue weighted by atomic mass is 10.2. The van der Waals surface area contributed by atoms with E-state index in [1.54, 1.807) is 24.5 Å². The summed E-state index contributed by atoms with van der Waals surface area (Å²) < 4.78 is 5.16. The van der Waals surface area contributed by atoms with E-state index < -0.39 is 0 Å². The second-order valence-electron chi connectivity index (χ2n) is 5.42. The summed E-state index contributed by atoms with van der Waals surface area (Å²) in [6.45, 7) is 5.71. The quantitative estimate of drug-likeness (QED) is 0.800. The zero-order valence-electron chi connectivity index (χ0n) is 13.4. The average molecular weight is 332 g/mol. The first kappa shape index (κ1) is 15.9. The summed E-state index contributed by atoms with van der Waals surface area (Å²) >= 11 is 1.59. The van der Waals surface area contributed by atoms with Crippen molar-refractivity contribution in [2.45, 2.75) is 6.92 Å². The fraction of sp³-hybridized carbons (Fsp3) is 0.438. The van der Waals surface area contributed by atoms with Crippen molar-refractivity contribution in [3.8, 4) is 10.7 Å². The molecule has 3 heterocycles. The summed E-state index contributed by atoms with van der Waals surface area (Å²) in [5.41, 5.74) is 0.441. The Balaban J connectivity index is 1.97. The summed E-state index contributed by atoms with van der Waals surface area (Å²) in [6, 6.07) is 3.95. The average Bonchev–Trinajstić information content (AvgIpc) is 3.10. The van der Waals surface area contributed by atoms with Crippen LogP contribution in [0, 0.1) is 0 Å². The number of thiophene rings is 1. The van der Waals surface area contributed by atoms with Crippen LogP contribution in [-0.4, -0.2) is 60.7 Å². The van der Waals surface area contributed by atoms with E-state index in [9.17, 15) is 4.79 Å². The second-order valence-corrected chi connectivity index (χ2v) is 6.37. The molecule has 122 valence electrons. The Morgan fingerprint density at radius 3 is 2.78 bits per heavy atom. The van der Waals surface area contributed by atoms with Gasteiger partial charge in [0.05, 0.1) is 11.5 Å². The summed E-state index contributed by atoms with van der Waals surface area (Å²) in [6.07, 6.45) is 1.59. The molecule has 0 spiro atoms. The van der Waals surface area contributed by atoms with Crippen molar-refractivity contribution in [2.75, 3.05) is 44.7 Å². The largest absolute Gasteiger partial charge is 0.462 e. The van der Waals surface area contributed by atoms with Crippen molar-refractivity contribution in [1.82, 2.24) is 14.9 Å². The van der Waals surface area contributed by atoms with Gasteiger partial charge in [-0.3, -0.25) is 0 Å². The molecular formula is C16H20N4O2S. The number of ether oxygens (including phenoxy) is 1. The number of carbonyl (C=O) groups is 1. The van der Waals surface area contributed by atoms with Crippen LogP contribution in [0.4, 0.5) is 5.82 Å². The van der Waals surface area contributed by atoms with Crippen molar-refractivity contribution in [3.63, 3.8) is 0 Å². The third-order valence-corrected chi connectivity index (χ3v) is 4.67. The van der Waals surface area contributed by atoms with Crippen molar-refractivity contribution in [1.29, 1.82) is 0 Å². The number of aromatic nitrogens is 2. The third kappa shape index (κ3) is 3.51. The monoisotopic (exact) mass is 332 g/mol. The fourth-order valence-electron chi connectivity index (χ4n) is 2.51. The van der Waals surface area contributed by atoms with E-state index in [1.165, 1.54) is 0 Å². The van der Waals surface area contributed by atoms with Gasteiger partial charge in [0, 0.05) is 32.4 Å². The molecule has 6 nitrogen and oxygen atoms in total. The Kier molecular flexibility index (Phi) is 4.88. The first-order valence-electron chi connectivity index (χ1n) is 7.70. The molecule has 2 aromatic rings. The van der Waals surface area contributed by atoms with Crippen LogP contribution in [0.3, 0.4) is 0 Å². The number of rotatable bonds is 4. The molecule has 3 rings (SSSR count). The van der Waals surface area contributed by atoms with Gasteiger partial charge in [0.1, 0.15) is 11.4 Å². The van der Waals surface area contributed by atoms with Crippen molar-refractivity contribution in [2.24, 2.45) is 0 Å². The summed E-state index contributed by atoms with van der Waals surface area (Å²) in [5.74, 6) is 0.969. The molecule has 0 bridgehead atoms. The van der Waals surface area contributed by atoms with Crippen molar-refractivity contribution >= 4 is 23.1 Å². The summed E-state index contributed by atoms with van der Waals surface area (Å²) in [7, 11) is 2.10. The molecule has 1 fully saturated rings. The minimum Gasteiger partial charge on any atom is -0.462 e. The number of anilines is 1. The molecule has 1 saturated heterocycles. The predicted molar refractivity (Wildman–Crippen MR) is 91.0 cm³/mol. The zero-order chi connectivity index (χ0) is 16.2. The van der Waals surface area contributed by atoms with Gasteiger partial charge in [0.2, 0.25) is 0 Å². The summed E-state index contributed by atoms with van der Waals surface area (Å²) in [4.78, 5) is 26.7. The molecule has 0 saturated carbocycles. The smallest absolute Gasteiger partial charge is 0.343 e. The van der Waals surface area contributed by atoms with Crippen LogP contribution in [0.1, 0.15) is 17.3 Å². The van der Waals surface area contributed by atoms with Crippen LogP contribution < -0.4 is 4.90 Å². The normalized spacial score (nSPS) is 15.7. The van der Waals surface area contributed by atoms with Gasteiger partial charge in [0.15, 0.2) is 5.82 Å². The fourth-order valence-corrected chi connectivity index (χ4v) is 3.17. The number of esters is 1. The number of nitrogens with zero attached hydrogens (tertiary/aromatic N) is 4. The third-order valence-electron chi connectivity index (χ3n) is 3.81. The Bertz CT molecular complexity index is 667. The predicted octanol–water partition coefficient (Wildman–Crippen LogP) is 2.13. The highest BCUT2D eigenvalue weighted by Crippen LogP contribution is 2.26. The SMILES string of the molecule is CCOC(=O)c1cnc(-c2cccs2)nc1N1CCN(C)CC1. The highest BCUT2D eigenvalue weighted by molar-refractivity contribution is 7.13. The maximum Gasteiger partial charge on any atom is 0.343 e. The van der Waals surface area contributed by atoms with Crippen LogP contribution in [-0.2, 0) is 4.74 Å². The number of hydrogen-bond donors (Lipinski definition) is 0. The Morgan fingerprint density at radius 1 is 1.35 bits per heavy atom. The molecule has 7 heteroatoms. The number of piperazine rings is 1. The lowest BCUT2D eigenvalue weighted by Gasteiger charge is -2.33. The van der Waals surface area contributed by atoms with Crippen LogP contribution in [0.5, 0.6) is 0 Å². The molecule has 0 aromatic carbocycles. The van der Waals surface area contributed by atoms with E-state index in [-0.39, 0.29) is 5.97 Å². The summed E-state index contributed by atoms with van der Waals surface area (Å²) in [5, 5.41) is 1.99. The van der Waals surface area contributed by atoms with Crippen LogP contribution in [0.15, 0.2) is 23.7 Å². The molecule has 0 aliphatic carbocycles. The minimum absolute atomic E-state index is 0.341. The molecule has 0 N–H and O–H groups in total. The van der Waals surface area contributed by atoms with Crippen molar-refractivity contribution < 1.29 is 9.53 Å². The van der Waals surface area contributed by atoms with Crippen LogP contribution >= 0.6 is 11.3 Å². The molecule has 23 heavy (non-hydrogen) atoms. The molecule has 2 aromatic heterocycles. The maximum absolute atomic E-state index is 12.2. The van der Waals surface area contributed by atoms with Gasteiger partial charge in [-0.15, -0.1) is 11.3 Å². The van der Waals surface area contributed by atoms with Gasteiger partial charge in [-0.25, -0.2) is 14.8 Å². The molecule has 0 atom stereocenters. The molecule has 0 radical (unpaired) electrons. The second kappa shape index (κ2) is 7.06. The molecule has 1 aliphatic heterocycles. The standard InChI is InChI=1S/C16H20N4O2S/c1-3-22-16(21)12-11-17-14(13-5-4-10-23-13)18-15(12)20-8-6-19(2)7-9-20/h4-5,10-11H,3,6-9H2,1-2H3. The lowest BCUT2D eigenvalue weighted by molar-refractivity contribution is 0.0526. The van der Waals surface area contributed by atoms with Crippen LogP contribution in [0.25, 0.3) is 10.7 Å². The van der Waals surface area contributed by atoms with Gasteiger partial charge < -0.3 is 14.5 Å². The Hall–Kier alpha value is -1.99. The topological polar surface area (TPSA) is 58.6 Å². The highest BCUT2D eigenvalue weighted by atomic mass is 32.1. The first-order valence-corrected chi connectivity index (χ1v) is 8.58. The van der Waals surface area contributed by atoms with Gasteiger partial charge in [-0.1, -0.05) is 6.07 Å². The zero-order valence-corrected chi connectivity index (χ0v) is 14.2. The molecule has 0 unspecified atom stereocenters. The van der Waals surface area contributed by atoms with E-state index in [4.69, 9.17) is 4.74 Å². The molecular weight excluding hydrogens is 312 g/mol. The van der Waals surface area contributed by atoms with Crippen LogP contribution in [0.2, 0.25) is 0 Å². The number of hydrogen-bond acceptors (Lipinski definition) is 7. The highest BCUT2D eigenvalue weighted by Gasteiger charge is 2.24. The van der Waals surface area contributed by atoms with E-state index in [0.717, 1.165) is 31.1 Å². The first-order chi connectivity index (χ1) is 11.2. The van der Waals surface area contributed by atoms with E-state index in [0.29, 0.717) is 23.8 Å². The van der Waals surface area contributed by atoms with E-state index in [1.807, 2.05) is 17.5 Å². The van der Waals surface area contributed by atoms with Gasteiger partial charge in [-0.05, 0) is 25.4 Å². The Labute approximate surface area is 139 Å². The van der Waals surface area contributed by atoms with Crippen molar-refractivity contribution in [3.05, 3.63) is 29.3 Å². The molecule has 0 amide bonds. The van der Waals surface area contributed by atoms with Gasteiger partial charge >= 0.3 is 5.97 Å². The van der Waals surface area contributed by atoms with E-state index >= 15 is 0 Å². The lowest BCUT2D eigenvalue weighted by Crippen LogP contribution is -2.45. The number of likely N-dealkylation sites (N-methyl/N-ethyl adjacent to an activating group) is 1. The number of carbonyl (C=O) groups excluding carboxylic acids is 1. The van der Waals surface area contributed by atoms with Gasteiger partial charge in [0.25, 0.3) is 0 Å². The Morgan fingerprint density at radius 2 is 2.13 bits per heavy atom. The maximum atomic E-state index is 12.2. The minimum atomic E-state index is -0.362.